The molecule has 0 fully saturated rings. The number of anilines is 1. The minimum atomic E-state index is -4.50. The zero-order valence-electron chi connectivity index (χ0n) is 16.8. The summed E-state index contributed by atoms with van der Waals surface area (Å²) in [7, 11) is 1.26. The van der Waals surface area contributed by atoms with Crippen LogP contribution in [0.5, 0.6) is 11.5 Å². The van der Waals surface area contributed by atoms with Crippen LogP contribution in [0.1, 0.15) is 18.1 Å². The molecule has 0 aliphatic rings. The van der Waals surface area contributed by atoms with Crippen molar-refractivity contribution in [2.24, 2.45) is 0 Å². The van der Waals surface area contributed by atoms with Crippen LogP contribution in [0.25, 0.3) is 6.08 Å². The van der Waals surface area contributed by atoms with Gasteiger partial charge in [-0.25, -0.2) is 4.79 Å². The molecule has 0 radical (unpaired) electrons. The molecule has 0 saturated heterocycles. The zero-order chi connectivity index (χ0) is 23.9. The number of rotatable bonds is 8. The molecule has 1 N–H and O–H groups in total. The first kappa shape index (κ1) is 24.6. The van der Waals surface area contributed by atoms with E-state index in [1.54, 1.807) is 0 Å². The fraction of sp³-hybridized carbons (Fsp3) is 0.238. The van der Waals surface area contributed by atoms with E-state index in [4.69, 9.17) is 9.47 Å². The van der Waals surface area contributed by atoms with Crippen LogP contribution >= 0.6 is 0 Å². The third-order valence-corrected chi connectivity index (χ3v) is 3.96. The van der Waals surface area contributed by atoms with Crippen molar-refractivity contribution in [1.82, 2.24) is 0 Å². The molecule has 2 aromatic rings. The maximum Gasteiger partial charge on any atom is 0.416 e. The van der Waals surface area contributed by atoms with Crippen LogP contribution in [0.2, 0.25) is 0 Å². The summed E-state index contributed by atoms with van der Waals surface area (Å²) in [5.41, 5.74) is -0.368. The summed E-state index contributed by atoms with van der Waals surface area (Å²) in [4.78, 5) is 24.0. The zero-order valence-corrected chi connectivity index (χ0v) is 16.8. The normalized spacial score (nSPS) is 12.5. The number of halogens is 5. The van der Waals surface area contributed by atoms with Crippen molar-refractivity contribution < 1.29 is 45.8 Å². The lowest BCUT2D eigenvalue weighted by Gasteiger charge is -2.13. The molecule has 1 unspecified atom stereocenters. The maximum atomic E-state index is 12.6. The summed E-state index contributed by atoms with van der Waals surface area (Å²) in [6.07, 6.45) is -3.44. The van der Waals surface area contributed by atoms with Crippen molar-refractivity contribution in [2.45, 2.75) is 25.8 Å². The molecule has 32 heavy (non-hydrogen) atoms. The molecule has 0 aromatic heterocycles. The number of methoxy groups -OCH3 is 1. The number of hydrogen-bond acceptors (Lipinski definition) is 5. The van der Waals surface area contributed by atoms with E-state index in [0.717, 1.165) is 30.3 Å². The maximum absolute atomic E-state index is 12.6. The summed E-state index contributed by atoms with van der Waals surface area (Å²) in [6.45, 7) is -1.75. The molecule has 1 amide bonds. The molecule has 2 rings (SSSR count). The number of amides is 1. The van der Waals surface area contributed by atoms with Gasteiger partial charge in [0.25, 0.3) is 5.91 Å². The van der Waals surface area contributed by atoms with Crippen LogP contribution in [0.4, 0.5) is 27.6 Å². The average Bonchev–Trinajstić information content (AvgIpc) is 2.72. The first-order valence-electron chi connectivity index (χ1n) is 8.99. The lowest BCUT2D eigenvalue weighted by atomic mass is 10.2. The van der Waals surface area contributed by atoms with Crippen LogP contribution < -0.4 is 14.8 Å². The van der Waals surface area contributed by atoms with Gasteiger partial charge in [-0.3, -0.25) is 4.79 Å². The summed E-state index contributed by atoms with van der Waals surface area (Å²) < 4.78 is 76.6. The highest BCUT2D eigenvalue weighted by molar-refractivity contribution is 5.96. The smallest absolute Gasteiger partial charge is 0.416 e. The van der Waals surface area contributed by atoms with Crippen molar-refractivity contribution in [3.63, 3.8) is 0 Å². The van der Waals surface area contributed by atoms with Crippen LogP contribution in [-0.2, 0) is 20.5 Å². The van der Waals surface area contributed by atoms with E-state index in [0.29, 0.717) is 5.56 Å². The van der Waals surface area contributed by atoms with E-state index in [1.807, 2.05) is 0 Å². The van der Waals surface area contributed by atoms with Gasteiger partial charge in [-0.05, 0) is 55.0 Å². The molecular formula is C21H18F5NO5. The van der Waals surface area contributed by atoms with Gasteiger partial charge in [-0.1, -0.05) is 6.07 Å². The van der Waals surface area contributed by atoms with E-state index in [2.05, 4.69) is 10.1 Å². The largest absolute Gasteiger partial charge is 0.493 e. The summed E-state index contributed by atoms with van der Waals surface area (Å²) >= 11 is 0. The lowest BCUT2D eigenvalue weighted by molar-refractivity contribution is -0.148. The van der Waals surface area contributed by atoms with Crippen LogP contribution in [0.15, 0.2) is 48.5 Å². The standard InChI is InChI=1S/C21H18F5NO5/c1-12(19(29)27-15-7-5-14(6-8-15)21(24,25)26)31-18(28)10-4-13-3-9-16(32-20(22)23)17(11-13)30-2/h3-12,20H,1-2H3,(H,27,29)/b10-4+. The predicted octanol–water partition coefficient (Wildman–Crippen LogP) is 4.90. The van der Waals surface area contributed by atoms with Gasteiger partial charge in [0, 0.05) is 11.8 Å². The number of carbonyl (C=O) groups is 2. The van der Waals surface area contributed by atoms with E-state index < -0.39 is 36.3 Å². The number of alkyl halides is 5. The second kappa shape index (κ2) is 10.6. The lowest BCUT2D eigenvalue weighted by Crippen LogP contribution is -2.29. The summed E-state index contributed by atoms with van der Waals surface area (Å²) in [5, 5.41) is 2.34. The molecule has 1 atom stereocenters. The SMILES string of the molecule is COc1cc(/C=C/C(=O)OC(C)C(=O)Nc2ccc(C(F)(F)F)cc2)ccc1OC(F)F. The molecule has 6 nitrogen and oxygen atoms in total. The molecule has 0 heterocycles. The predicted molar refractivity (Wildman–Crippen MR) is 104 cm³/mol. The van der Waals surface area contributed by atoms with Crippen molar-refractivity contribution in [3.8, 4) is 11.5 Å². The first-order valence-corrected chi connectivity index (χ1v) is 8.99. The number of nitrogens with one attached hydrogen (secondary N) is 1. The molecule has 0 saturated carbocycles. The molecule has 11 heteroatoms. The highest BCUT2D eigenvalue weighted by atomic mass is 19.4. The van der Waals surface area contributed by atoms with Crippen molar-refractivity contribution in [3.05, 3.63) is 59.7 Å². The Hall–Kier alpha value is -3.63. The highest BCUT2D eigenvalue weighted by Gasteiger charge is 2.30. The van der Waals surface area contributed by atoms with Gasteiger partial charge in [-0.15, -0.1) is 0 Å². The number of hydrogen-bond donors (Lipinski definition) is 1. The average molecular weight is 459 g/mol. The molecule has 0 bridgehead atoms. The molecular weight excluding hydrogens is 441 g/mol. The Balaban J connectivity index is 1.94. The van der Waals surface area contributed by atoms with Gasteiger partial charge < -0.3 is 19.5 Å². The Kier molecular flexibility index (Phi) is 8.16. The number of benzene rings is 2. The fourth-order valence-electron chi connectivity index (χ4n) is 2.40. The molecule has 2 aromatic carbocycles. The Morgan fingerprint density at radius 2 is 1.69 bits per heavy atom. The Labute approximate surface area is 179 Å². The minimum Gasteiger partial charge on any atom is -0.493 e. The number of esters is 1. The highest BCUT2D eigenvalue weighted by Crippen LogP contribution is 2.30. The monoisotopic (exact) mass is 459 g/mol. The van der Waals surface area contributed by atoms with Gasteiger partial charge in [-0.2, -0.15) is 22.0 Å². The van der Waals surface area contributed by atoms with Crippen LogP contribution in [0.3, 0.4) is 0 Å². The van der Waals surface area contributed by atoms with Gasteiger partial charge in [0.2, 0.25) is 0 Å². The van der Waals surface area contributed by atoms with E-state index in [-0.39, 0.29) is 17.2 Å². The quantitative estimate of drug-likeness (QED) is 0.345. The second-order valence-electron chi connectivity index (χ2n) is 6.27. The van der Waals surface area contributed by atoms with Crippen molar-refractivity contribution >= 4 is 23.6 Å². The first-order chi connectivity index (χ1) is 15.0. The Morgan fingerprint density at radius 3 is 2.25 bits per heavy atom. The molecule has 0 aliphatic carbocycles. The minimum absolute atomic E-state index is 0.0186. The molecule has 0 aliphatic heterocycles. The van der Waals surface area contributed by atoms with Gasteiger partial charge in [0.15, 0.2) is 17.6 Å². The molecule has 172 valence electrons. The number of carbonyl (C=O) groups excluding carboxylic acids is 2. The third-order valence-electron chi connectivity index (χ3n) is 3.96. The summed E-state index contributed by atoms with van der Waals surface area (Å²) in [5.74, 6) is -1.80. The fourth-order valence-corrected chi connectivity index (χ4v) is 2.40. The van der Waals surface area contributed by atoms with Crippen LogP contribution in [0, 0.1) is 0 Å². The number of ether oxygens (including phenoxy) is 3. The van der Waals surface area contributed by atoms with Crippen molar-refractivity contribution in [1.29, 1.82) is 0 Å². The van der Waals surface area contributed by atoms with E-state index in [1.165, 1.54) is 38.3 Å². The van der Waals surface area contributed by atoms with Gasteiger partial charge in [0.1, 0.15) is 0 Å². The Morgan fingerprint density at radius 1 is 1.03 bits per heavy atom. The second-order valence-corrected chi connectivity index (χ2v) is 6.27. The molecule has 0 spiro atoms. The van der Waals surface area contributed by atoms with Crippen molar-refractivity contribution in [2.75, 3.05) is 12.4 Å². The van der Waals surface area contributed by atoms with E-state index in [9.17, 15) is 31.5 Å². The Bertz CT molecular complexity index is 974. The third kappa shape index (κ3) is 7.25. The topological polar surface area (TPSA) is 73.9 Å². The van der Waals surface area contributed by atoms with E-state index >= 15 is 0 Å². The summed E-state index contributed by atoms with van der Waals surface area (Å²) in [6, 6.07) is 7.74. The van der Waals surface area contributed by atoms with Gasteiger partial charge >= 0.3 is 18.8 Å². The van der Waals surface area contributed by atoms with Crippen LogP contribution in [-0.4, -0.2) is 31.7 Å². The van der Waals surface area contributed by atoms with Gasteiger partial charge in [0.05, 0.1) is 12.7 Å².